The van der Waals surface area contributed by atoms with Crippen molar-refractivity contribution in [3.63, 3.8) is 0 Å². The van der Waals surface area contributed by atoms with Crippen molar-refractivity contribution in [3.8, 4) is 12.3 Å². The van der Waals surface area contributed by atoms with Crippen LogP contribution in [0.15, 0.2) is 52.7 Å². The molecule has 5 heterocycles. The molecule has 0 saturated carbocycles. The average molecular weight is 572 g/mol. The third-order valence-electron chi connectivity index (χ3n) is 7.05. The van der Waals surface area contributed by atoms with Crippen LogP contribution in [-0.4, -0.2) is 73.6 Å². The van der Waals surface area contributed by atoms with Gasteiger partial charge in [0.05, 0.1) is 18.3 Å². The van der Waals surface area contributed by atoms with Crippen LogP contribution in [-0.2, 0) is 0 Å². The summed E-state index contributed by atoms with van der Waals surface area (Å²) in [5.74, 6) is 2.58. The highest BCUT2D eigenvalue weighted by atomic mass is 35.5. The average Bonchev–Trinajstić information content (AvgIpc) is 3.71. The molecule has 6 rings (SSSR count). The molecule has 0 unspecified atom stereocenters. The van der Waals surface area contributed by atoms with E-state index in [4.69, 9.17) is 23.0 Å². The van der Waals surface area contributed by atoms with Crippen LogP contribution in [0.5, 0.6) is 0 Å². The van der Waals surface area contributed by atoms with E-state index in [1.165, 1.54) is 35.7 Å². The van der Waals surface area contributed by atoms with Gasteiger partial charge < -0.3 is 14.7 Å². The molecular weight excluding hydrogens is 551 g/mol. The second-order valence-electron chi connectivity index (χ2n) is 9.25. The molecule has 3 aliphatic rings. The smallest absolute Gasteiger partial charge is 0.325 e. The molecule has 2 amide bonds. The number of carbonyl (C=O) groups is 1. The summed E-state index contributed by atoms with van der Waals surface area (Å²) in [7, 11) is 0. The molecule has 8 nitrogen and oxygen atoms in total. The van der Waals surface area contributed by atoms with Crippen molar-refractivity contribution in [2.75, 3.05) is 26.2 Å². The number of benzene rings is 1. The molecular formula is C26H21ClF3N7OS. The Morgan fingerprint density at radius 2 is 2.10 bits per heavy atom. The molecule has 0 radical (unpaired) electrons. The molecule has 13 heteroatoms. The highest BCUT2D eigenvalue weighted by Gasteiger charge is 2.45. The monoisotopic (exact) mass is 571 g/mol. The fourth-order valence-electron chi connectivity index (χ4n) is 5.34. The molecule has 3 aromatic rings. The van der Waals surface area contributed by atoms with Gasteiger partial charge in [0.15, 0.2) is 10.8 Å². The van der Waals surface area contributed by atoms with Gasteiger partial charge in [-0.05, 0) is 18.2 Å². The number of aliphatic imine (C=N–C) groups is 1. The van der Waals surface area contributed by atoms with Crippen LogP contribution in [0.1, 0.15) is 35.3 Å². The number of amides is 2. The van der Waals surface area contributed by atoms with E-state index >= 15 is 0 Å². The minimum atomic E-state index is -2.83. The predicted octanol–water partition coefficient (Wildman–Crippen LogP) is 4.89. The lowest BCUT2D eigenvalue weighted by molar-refractivity contribution is 0.0564. The van der Waals surface area contributed by atoms with E-state index in [9.17, 15) is 18.0 Å². The Balaban J connectivity index is 1.50. The summed E-state index contributed by atoms with van der Waals surface area (Å²) >= 11 is 7.90. The highest BCUT2D eigenvalue weighted by molar-refractivity contribution is 7.11. The number of carbonyl (C=O) groups excluding carboxylic acids is 1. The van der Waals surface area contributed by atoms with Gasteiger partial charge in [-0.25, -0.2) is 18.9 Å². The fraction of sp³-hybridized carbons (Fsp3) is 0.308. The summed E-state index contributed by atoms with van der Waals surface area (Å²) in [6.45, 7) is -1.15. The fourth-order valence-corrected chi connectivity index (χ4v) is 6.25. The third kappa shape index (κ3) is 4.45. The number of aromatic nitrogens is 3. The zero-order valence-corrected chi connectivity index (χ0v) is 21.9. The number of urea groups is 1. The van der Waals surface area contributed by atoms with Crippen molar-refractivity contribution in [1.82, 2.24) is 29.5 Å². The zero-order chi connectivity index (χ0) is 27.3. The Kier molecular flexibility index (Phi) is 6.56. The summed E-state index contributed by atoms with van der Waals surface area (Å²) < 4.78 is 41.6. The normalized spacial score (nSPS) is 21.2. The van der Waals surface area contributed by atoms with Gasteiger partial charge in [-0.2, -0.15) is 13.9 Å². The van der Waals surface area contributed by atoms with Gasteiger partial charge in [0.25, 0.3) is 0 Å². The van der Waals surface area contributed by atoms with Gasteiger partial charge >= 0.3 is 12.6 Å². The number of hydrogen-bond acceptors (Lipinski definition) is 6. The highest BCUT2D eigenvalue weighted by Crippen LogP contribution is 2.47. The number of terminal acetylenes is 1. The van der Waals surface area contributed by atoms with E-state index in [2.05, 4.69) is 16.0 Å². The molecule has 0 spiro atoms. The first-order valence-electron chi connectivity index (χ1n) is 12.1. The van der Waals surface area contributed by atoms with E-state index < -0.39 is 18.4 Å². The lowest BCUT2D eigenvalue weighted by Crippen LogP contribution is -2.42. The molecule has 200 valence electrons. The molecule has 2 saturated heterocycles. The lowest BCUT2D eigenvalue weighted by Gasteiger charge is -2.32. The number of thiazole rings is 1. The van der Waals surface area contributed by atoms with E-state index in [0.717, 1.165) is 5.70 Å². The lowest BCUT2D eigenvalue weighted by atomic mass is 9.92. The Hall–Kier alpha value is -3.82. The largest absolute Gasteiger partial charge is 0.333 e. The minimum Gasteiger partial charge on any atom is -0.325 e. The van der Waals surface area contributed by atoms with Crippen LogP contribution < -0.4 is 0 Å². The van der Waals surface area contributed by atoms with Crippen molar-refractivity contribution in [2.24, 2.45) is 4.99 Å². The van der Waals surface area contributed by atoms with E-state index in [1.807, 2.05) is 10.3 Å². The number of hydrogen-bond donors (Lipinski definition) is 0. The first-order valence-corrected chi connectivity index (χ1v) is 13.4. The SMILES string of the molecule is C#CCN1CCN([C@H]2CC3=C(c4ccn(C(F)F)n4)[C@H](c4ccc(F)cc4Cl)N=C(c4nccs4)N3C2)C1=O. The molecule has 0 bridgehead atoms. The van der Waals surface area contributed by atoms with E-state index in [1.54, 1.807) is 22.1 Å². The molecule has 1 aromatic carbocycles. The molecule has 2 aromatic heterocycles. The van der Waals surface area contributed by atoms with Crippen LogP contribution in [0.4, 0.5) is 18.0 Å². The number of amidine groups is 1. The minimum absolute atomic E-state index is 0.146. The van der Waals surface area contributed by atoms with Crippen molar-refractivity contribution >= 4 is 40.4 Å². The zero-order valence-electron chi connectivity index (χ0n) is 20.3. The Morgan fingerprint density at radius 1 is 1.26 bits per heavy atom. The molecule has 0 N–H and O–H groups in total. The third-order valence-corrected chi connectivity index (χ3v) is 8.15. The maximum absolute atomic E-state index is 14.0. The maximum atomic E-state index is 14.0. The van der Waals surface area contributed by atoms with E-state index in [-0.39, 0.29) is 23.6 Å². The number of fused-ring (bicyclic) bond motifs is 1. The summed E-state index contributed by atoms with van der Waals surface area (Å²) in [6.07, 6.45) is 8.73. The summed E-state index contributed by atoms with van der Waals surface area (Å²) in [4.78, 5) is 28.0. The topological polar surface area (TPSA) is 69.9 Å². The van der Waals surface area contributed by atoms with Crippen molar-refractivity contribution < 1.29 is 18.0 Å². The maximum Gasteiger partial charge on any atom is 0.333 e. The predicted molar refractivity (Wildman–Crippen MR) is 141 cm³/mol. The van der Waals surface area contributed by atoms with Crippen molar-refractivity contribution in [2.45, 2.75) is 25.1 Å². The Morgan fingerprint density at radius 3 is 2.79 bits per heavy atom. The van der Waals surface area contributed by atoms with Gasteiger partial charge in [0.2, 0.25) is 0 Å². The second-order valence-corrected chi connectivity index (χ2v) is 10.5. The Bertz CT molecular complexity index is 1530. The second kappa shape index (κ2) is 10.1. The molecule has 39 heavy (non-hydrogen) atoms. The number of halogens is 4. The number of nitrogens with zero attached hydrogens (tertiary/aromatic N) is 7. The molecule has 3 aliphatic heterocycles. The standard InChI is InChI=1S/C26H21ClF3N7OS/c1-2-7-34-9-10-35(26(34)38)16-13-20-21(19-5-8-37(33-19)25(29)30)22(17-4-3-15(28)12-18(17)27)32-23(36(20)14-16)24-31-6-11-39-24/h1,3-6,8,11-12,16,22,25H,7,9-10,13-14H2/t16-,22-/m0/s1. The van der Waals surface area contributed by atoms with Gasteiger partial charge in [0, 0.05) is 65.7 Å². The van der Waals surface area contributed by atoms with Gasteiger partial charge in [-0.3, -0.25) is 4.99 Å². The van der Waals surface area contributed by atoms with Crippen LogP contribution in [0.25, 0.3) is 5.57 Å². The quantitative estimate of drug-likeness (QED) is 0.395. The summed E-state index contributed by atoms with van der Waals surface area (Å²) in [6, 6.07) is 4.39. The van der Waals surface area contributed by atoms with E-state index in [0.29, 0.717) is 58.4 Å². The van der Waals surface area contributed by atoms with Gasteiger partial charge in [0.1, 0.15) is 11.9 Å². The number of alkyl halides is 2. The van der Waals surface area contributed by atoms with Crippen molar-refractivity contribution in [1.29, 1.82) is 0 Å². The van der Waals surface area contributed by atoms with Crippen LogP contribution in [0.2, 0.25) is 5.02 Å². The van der Waals surface area contributed by atoms with Gasteiger partial charge in [-0.1, -0.05) is 23.6 Å². The first-order chi connectivity index (χ1) is 18.9. The summed E-state index contributed by atoms with van der Waals surface area (Å²) in [5, 5.41) is 6.78. The molecule has 0 aliphatic carbocycles. The summed E-state index contributed by atoms with van der Waals surface area (Å²) in [5.41, 5.74) is 2.14. The van der Waals surface area contributed by atoms with Crippen LogP contribution in [0.3, 0.4) is 0 Å². The number of rotatable bonds is 6. The van der Waals surface area contributed by atoms with Crippen LogP contribution >= 0.6 is 22.9 Å². The Labute approximate surface area is 231 Å². The molecule has 2 fully saturated rings. The van der Waals surface area contributed by atoms with Crippen molar-refractivity contribution in [3.05, 3.63) is 74.8 Å². The molecule has 2 atom stereocenters. The van der Waals surface area contributed by atoms with Gasteiger partial charge in [-0.15, -0.1) is 17.8 Å². The first kappa shape index (κ1) is 25.5. The van der Waals surface area contributed by atoms with Crippen LogP contribution in [0, 0.1) is 18.2 Å².